The molecule has 1 N–H and O–H groups in total. The predicted molar refractivity (Wildman–Crippen MR) is 69.0 cm³/mol. The smallest absolute Gasteiger partial charge is 0.407 e. The Morgan fingerprint density at radius 3 is 2.55 bits per heavy atom. The van der Waals surface area contributed by atoms with Crippen LogP contribution in [0.5, 0.6) is 0 Å². The molecule has 0 radical (unpaired) electrons. The van der Waals surface area contributed by atoms with Crippen LogP contribution < -0.4 is 0 Å². The third kappa shape index (κ3) is 5.18. The summed E-state index contributed by atoms with van der Waals surface area (Å²) < 4.78 is 22.0. The number of hydrogen-bond acceptors (Lipinski definition) is 6. The van der Waals surface area contributed by atoms with Crippen molar-refractivity contribution in [1.29, 1.82) is 0 Å². The molecule has 9 nitrogen and oxygen atoms in total. The van der Waals surface area contributed by atoms with Crippen LogP contribution in [0.1, 0.15) is 5.69 Å². The molecule has 1 amide bonds. The summed E-state index contributed by atoms with van der Waals surface area (Å²) in [7, 11) is -3.28. The van der Waals surface area contributed by atoms with Crippen LogP contribution in [-0.4, -0.2) is 53.0 Å². The molecule has 10 heteroatoms. The van der Waals surface area contributed by atoms with E-state index < -0.39 is 20.9 Å². The Labute approximate surface area is 114 Å². The maximum absolute atomic E-state index is 11.0. The lowest BCUT2D eigenvalue weighted by atomic mass is 10.3. The number of sulfone groups is 1. The lowest BCUT2D eigenvalue weighted by molar-refractivity contribution is -0.385. The SMILES string of the molecule is CS(=O)(=O)CCN(Cc1ccc([N+](=O)[O-])cn1)C(=O)O. The fourth-order valence-electron chi connectivity index (χ4n) is 1.33. The monoisotopic (exact) mass is 303 g/mol. The largest absolute Gasteiger partial charge is 0.465 e. The lowest BCUT2D eigenvalue weighted by Crippen LogP contribution is -2.33. The number of nitrogens with zero attached hydrogens (tertiary/aromatic N) is 3. The maximum atomic E-state index is 11.0. The highest BCUT2D eigenvalue weighted by atomic mass is 32.2. The standard InChI is InChI=1S/C10H13N3O6S/c1-20(18,19)5-4-12(10(14)15)7-8-2-3-9(6-11-8)13(16)17/h2-3,6H,4-5,7H2,1H3,(H,14,15). The van der Waals surface area contributed by atoms with E-state index >= 15 is 0 Å². The molecule has 110 valence electrons. The van der Waals surface area contributed by atoms with Gasteiger partial charge in [0.2, 0.25) is 0 Å². The number of carboxylic acid groups (broad SMARTS) is 1. The summed E-state index contributed by atoms with van der Waals surface area (Å²) in [4.78, 5) is 25.5. The van der Waals surface area contributed by atoms with Gasteiger partial charge in [-0.1, -0.05) is 0 Å². The molecule has 0 aromatic carbocycles. The second kappa shape index (κ2) is 6.28. The summed E-state index contributed by atoms with van der Waals surface area (Å²) in [6.07, 6.45) is 0.747. The highest BCUT2D eigenvalue weighted by molar-refractivity contribution is 7.90. The normalized spacial score (nSPS) is 11.1. The van der Waals surface area contributed by atoms with Crippen LogP contribution in [0.2, 0.25) is 0 Å². The zero-order valence-electron chi connectivity index (χ0n) is 10.6. The number of aromatic nitrogens is 1. The molecule has 1 aromatic rings. The van der Waals surface area contributed by atoms with Gasteiger partial charge in [-0.15, -0.1) is 0 Å². The Morgan fingerprint density at radius 1 is 1.50 bits per heavy atom. The summed E-state index contributed by atoms with van der Waals surface area (Å²) in [5, 5.41) is 19.4. The van der Waals surface area contributed by atoms with E-state index in [1.165, 1.54) is 12.1 Å². The summed E-state index contributed by atoms with van der Waals surface area (Å²) in [6, 6.07) is 2.54. The first-order valence-electron chi connectivity index (χ1n) is 5.44. The summed E-state index contributed by atoms with van der Waals surface area (Å²) in [5.74, 6) is -0.299. The number of rotatable bonds is 6. The Balaban J connectivity index is 2.75. The molecule has 1 rings (SSSR count). The first kappa shape index (κ1) is 15.8. The lowest BCUT2D eigenvalue weighted by Gasteiger charge is -2.17. The van der Waals surface area contributed by atoms with Gasteiger partial charge < -0.3 is 10.0 Å². The zero-order chi connectivity index (χ0) is 15.3. The van der Waals surface area contributed by atoms with Crippen molar-refractivity contribution in [2.45, 2.75) is 6.54 Å². The van der Waals surface area contributed by atoms with Crippen molar-refractivity contribution in [3.63, 3.8) is 0 Å². The van der Waals surface area contributed by atoms with Gasteiger partial charge in [-0.2, -0.15) is 0 Å². The molecule has 0 aliphatic carbocycles. The fourth-order valence-corrected chi connectivity index (χ4v) is 1.88. The Kier molecular flexibility index (Phi) is 4.97. The summed E-state index contributed by atoms with van der Waals surface area (Å²) >= 11 is 0. The van der Waals surface area contributed by atoms with E-state index in [2.05, 4.69) is 4.98 Å². The molecule has 0 bridgehead atoms. The van der Waals surface area contributed by atoms with E-state index in [9.17, 15) is 23.3 Å². The topological polar surface area (TPSA) is 131 Å². The minimum Gasteiger partial charge on any atom is -0.465 e. The van der Waals surface area contributed by atoms with Gasteiger partial charge in [-0.3, -0.25) is 15.1 Å². The molecule has 0 aliphatic rings. The third-order valence-electron chi connectivity index (χ3n) is 2.38. The van der Waals surface area contributed by atoms with Gasteiger partial charge in [0, 0.05) is 18.9 Å². The van der Waals surface area contributed by atoms with Gasteiger partial charge in [0.25, 0.3) is 5.69 Å². The molecule has 1 aromatic heterocycles. The minimum absolute atomic E-state index is 0.136. The molecule has 20 heavy (non-hydrogen) atoms. The highest BCUT2D eigenvalue weighted by Gasteiger charge is 2.16. The molecule has 1 heterocycles. The van der Waals surface area contributed by atoms with Gasteiger partial charge in [-0.25, -0.2) is 13.2 Å². The van der Waals surface area contributed by atoms with E-state index in [1.54, 1.807) is 0 Å². The second-order valence-corrected chi connectivity index (χ2v) is 6.36. The molecule has 0 saturated heterocycles. The van der Waals surface area contributed by atoms with Crippen LogP contribution in [-0.2, 0) is 16.4 Å². The van der Waals surface area contributed by atoms with Crippen molar-refractivity contribution in [2.24, 2.45) is 0 Å². The Bertz CT molecular complexity index is 598. The van der Waals surface area contributed by atoms with E-state index in [4.69, 9.17) is 5.11 Å². The number of amides is 1. The quantitative estimate of drug-likeness (QED) is 0.598. The average molecular weight is 303 g/mol. The van der Waals surface area contributed by atoms with Gasteiger partial charge >= 0.3 is 6.09 Å². The van der Waals surface area contributed by atoms with Crippen molar-refractivity contribution in [1.82, 2.24) is 9.88 Å². The molecule has 0 fully saturated rings. The van der Waals surface area contributed by atoms with E-state index in [0.717, 1.165) is 17.4 Å². The molecular formula is C10H13N3O6S. The van der Waals surface area contributed by atoms with Crippen LogP contribution in [0.3, 0.4) is 0 Å². The second-order valence-electron chi connectivity index (χ2n) is 4.10. The fraction of sp³-hybridized carbons (Fsp3) is 0.400. The van der Waals surface area contributed by atoms with Gasteiger partial charge in [0.1, 0.15) is 16.0 Å². The number of hydrogen-bond donors (Lipinski definition) is 1. The van der Waals surface area contributed by atoms with Gasteiger partial charge in [0.15, 0.2) is 0 Å². The number of nitro groups is 1. The molecule has 0 aliphatic heterocycles. The number of pyridine rings is 1. The molecule has 0 spiro atoms. The van der Waals surface area contributed by atoms with E-state index in [-0.39, 0.29) is 24.5 Å². The molecule has 0 unspecified atom stereocenters. The number of carbonyl (C=O) groups is 1. The van der Waals surface area contributed by atoms with E-state index in [1.807, 2.05) is 0 Å². The Morgan fingerprint density at radius 2 is 2.15 bits per heavy atom. The van der Waals surface area contributed by atoms with Crippen LogP contribution >= 0.6 is 0 Å². The average Bonchev–Trinajstić information content (AvgIpc) is 2.33. The predicted octanol–water partition coefficient (Wildman–Crippen LogP) is 0.514. The van der Waals surface area contributed by atoms with Crippen LogP contribution in [0.4, 0.5) is 10.5 Å². The van der Waals surface area contributed by atoms with Crippen molar-refractivity contribution in [3.8, 4) is 0 Å². The first-order valence-corrected chi connectivity index (χ1v) is 7.50. The van der Waals surface area contributed by atoms with Crippen LogP contribution in [0, 0.1) is 10.1 Å². The van der Waals surface area contributed by atoms with Crippen molar-refractivity contribution in [3.05, 3.63) is 34.1 Å². The minimum atomic E-state index is -3.28. The summed E-state index contributed by atoms with van der Waals surface area (Å²) in [6.45, 7) is -0.324. The molecule has 0 saturated carbocycles. The van der Waals surface area contributed by atoms with Gasteiger partial charge in [-0.05, 0) is 6.07 Å². The van der Waals surface area contributed by atoms with Crippen LogP contribution in [0.25, 0.3) is 0 Å². The third-order valence-corrected chi connectivity index (χ3v) is 3.30. The molecule has 0 atom stereocenters. The Hall–Kier alpha value is -2.23. The zero-order valence-corrected chi connectivity index (χ0v) is 11.4. The maximum Gasteiger partial charge on any atom is 0.407 e. The van der Waals surface area contributed by atoms with Gasteiger partial charge in [0.05, 0.1) is 22.9 Å². The van der Waals surface area contributed by atoms with Crippen LogP contribution in [0.15, 0.2) is 18.3 Å². The van der Waals surface area contributed by atoms with Crippen molar-refractivity contribution in [2.75, 3.05) is 18.6 Å². The summed E-state index contributed by atoms with van der Waals surface area (Å²) in [5.41, 5.74) is 0.0956. The highest BCUT2D eigenvalue weighted by Crippen LogP contribution is 2.10. The molecular weight excluding hydrogens is 290 g/mol. The van der Waals surface area contributed by atoms with E-state index in [0.29, 0.717) is 5.69 Å². The first-order chi connectivity index (χ1) is 9.19. The van der Waals surface area contributed by atoms with Crippen molar-refractivity contribution >= 4 is 21.6 Å². The van der Waals surface area contributed by atoms with Crippen molar-refractivity contribution < 1.29 is 23.2 Å².